The molecule has 0 saturated carbocycles. The Kier molecular flexibility index (Phi) is 5.10. The van der Waals surface area contributed by atoms with E-state index in [1.807, 2.05) is 49.4 Å². The minimum Gasteiger partial charge on any atom is -0.495 e. The molecule has 25 heavy (non-hydrogen) atoms. The summed E-state index contributed by atoms with van der Waals surface area (Å²) >= 11 is 6.20. The van der Waals surface area contributed by atoms with Gasteiger partial charge in [0.1, 0.15) is 11.5 Å². The third-order valence-electron chi connectivity index (χ3n) is 3.82. The lowest BCUT2D eigenvalue weighted by Crippen LogP contribution is -2.20. The number of hydrogen-bond acceptors (Lipinski definition) is 3. The second kappa shape index (κ2) is 7.45. The van der Waals surface area contributed by atoms with Gasteiger partial charge in [0.2, 0.25) is 0 Å². The molecular formula is C20H18ClNO3. The molecule has 0 spiro atoms. The van der Waals surface area contributed by atoms with Crippen molar-refractivity contribution in [2.45, 2.75) is 6.92 Å². The molecule has 4 nitrogen and oxygen atoms in total. The first-order valence-electron chi connectivity index (χ1n) is 7.83. The summed E-state index contributed by atoms with van der Waals surface area (Å²) in [6, 6.07) is 16.8. The number of rotatable bonds is 5. The van der Waals surface area contributed by atoms with E-state index in [2.05, 4.69) is 5.32 Å². The van der Waals surface area contributed by atoms with Crippen molar-refractivity contribution in [3.63, 3.8) is 0 Å². The van der Waals surface area contributed by atoms with E-state index in [4.69, 9.17) is 21.1 Å². The summed E-state index contributed by atoms with van der Waals surface area (Å²) in [5.41, 5.74) is 1.65. The lowest BCUT2D eigenvalue weighted by Gasteiger charge is -2.13. The highest BCUT2D eigenvalue weighted by molar-refractivity contribution is 6.35. The van der Waals surface area contributed by atoms with Crippen molar-refractivity contribution in [3.8, 4) is 11.5 Å². The number of hydrogen-bond donors (Lipinski definition) is 1. The van der Waals surface area contributed by atoms with Crippen LogP contribution in [0.25, 0.3) is 10.8 Å². The maximum Gasteiger partial charge on any atom is 0.262 e. The Morgan fingerprint density at radius 3 is 2.52 bits per heavy atom. The summed E-state index contributed by atoms with van der Waals surface area (Å²) < 4.78 is 11.0. The normalized spacial score (nSPS) is 10.5. The number of aryl methyl sites for hydroxylation is 1. The van der Waals surface area contributed by atoms with Gasteiger partial charge in [0, 0.05) is 15.8 Å². The minimum absolute atomic E-state index is 0.108. The van der Waals surface area contributed by atoms with E-state index in [-0.39, 0.29) is 12.5 Å². The molecule has 1 N–H and O–H groups in total. The SMILES string of the molecule is COc1ccc(C)cc1NC(=O)COc1ccc(Cl)c2ccccc12. The molecule has 0 radical (unpaired) electrons. The highest BCUT2D eigenvalue weighted by Gasteiger charge is 2.10. The number of anilines is 1. The van der Waals surface area contributed by atoms with E-state index in [1.165, 1.54) is 0 Å². The lowest BCUT2D eigenvalue weighted by molar-refractivity contribution is -0.118. The number of nitrogens with one attached hydrogen (secondary N) is 1. The Balaban J connectivity index is 1.73. The number of methoxy groups -OCH3 is 1. The highest BCUT2D eigenvalue weighted by Crippen LogP contribution is 2.31. The zero-order valence-electron chi connectivity index (χ0n) is 14.0. The molecule has 0 bridgehead atoms. The van der Waals surface area contributed by atoms with Gasteiger partial charge in [-0.2, -0.15) is 0 Å². The first-order chi connectivity index (χ1) is 12.1. The molecule has 0 unspecified atom stereocenters. The van der Waals surface area contributed by atoms with Crippen molar-refractivity contribution in [2.75, 3.05) is 19.0 Å². The van der Waals surface area contributed by atoms with Crippen LogP contribution in [0.2, 0.25) is 5.02 Å². The first kappa shape index (κ1) is 17.1. The molecule has 3 rings (SSSR count). The summed E-state index contributed by atoms with van der Waals surface area (Å²) in [7, 11) is 1.57. The van der Waals surface area contributed by atoms with Gasteiger partial charge < -0.3 is 14.8 Å². The standard InChI is InChI=1S/C20H18ClNO3/c1-13-7-9-19(24-2)17(11-13)22-20(23)12-25-18-10-8-16(21)14-5-3-4-6-15(14)18/h3-11H,12H2,1-2H3,(H,22,23). The predicted octanol–water partition coefficient (Wildman–Crippen LogP) is 4.83. The van der Waals surface area contributed by atoms with Gasteiger partial charge in [-0.15, -0.1) is 0 Å². The number of carbonyl (C=O) groups is 1. The smallest absolute Gasteiger partial charge is 0.262 e. The number of halogens is 1. The lowest BCUT2D eigenvalue weighted by atomic mass is 10.1. The van der Waals surface area contributed by atoms with Crippen molar-refractivity contribution in [3.05, 3.63) is 65.2 Å². The molecule has 3 aromatic rings. The van der Waals surface area contributed by atoms with Gasteiger partial charge in [-0.3, -0.25) is 4.79 Å². The number of amides is 1. The molecule has 0 aliphatic carbocycles. The van der Waals surface area contributed by atoms with Gasteiger partial charge in [-0.05, 0) is 36.8 Å². The number of ether oxygens (including phenoxy) is 2. The van der Waals surface area contributed by atoms with Crippen LogP contribution in [0.1, 0.15) is 5.56 Å². The van der Waals surface area contributed by atoms with Gasteiger partial charge in [0.15, 0.2) is 6.61 Å². The predicted molar refractivity (Wildman–Crippen MR) is 101 cm³/mol. The summed E-state index contributed by atoms with van der Waals surface area (Å²) in [6.45, 7) is 1.84. The van der Waals surface area contributed by atoms with Crippen molar-refractivity contribution >= 4 is 34.0 Å². The fourth-order valence-electron chi connectivity index (χ4n) is 2.61. The van der Waals surface area contributed by atoms with Crippen LogP contribution in [0, 0.1) is 6.92 Å². The zero-order chi connectivity index (χ0) is 17.8. The molecule has 0 aromatic heterocycles. The summed E-state index contributed by atoms with van der Waals surface area (Å²) in [5.74, 6) is 0.963. The van der Waals surface area contributed by atoms with Crippen molar-refractivity contribution < 1.29 is 14.3 Å². The second-order valence-corrected chi connectivity index (χ2v) is 6.04. The fraction of sp³-hybridized carbons (Fsp3) is 0.150. The third-order valence-corrected chi connectivity index (χ3v) is 4.15. The van der Waals surface area contributed by atoms with E-state index in [1.54, 1.807) is 19.2 Å². The maximum atomic E-state index is 12.3. The summed E-state index contributed by atoms with van der Waals surface area (Å²) in [4.78, 5) is 12.3. The molecule has 0 saturated heterocycles. The van der Waals surface area contributed by atoms with Crippen LogP contribution < -0.4 is 14.8 Å². The molecular weight excluding hydrogens is 338 g/mol. The van der Waals surface area contributed by atoms with E-state index in [9.17, 15) is 4.79 Å². The van der Waals surface area contributed by atoms with Crippen LogP contribution in [-0.2, 0) is 4.79 Å². The van der Waals surface area contributed by atoms with Gasteiger partial charge >= 0.3 is 0 Å². The Morgan fingerprint density at radius 1 is 1.04 bits per heavy atom. The molecule has 0 aliphatic heterocycles. The van der Waals surface area contributed by atoms with E-state index in [0.29, 0.717) is 22.2 Å². The van der Waals surface area contributed by atoms with Crippen molar-refractivity contribution in [2.24, 2.45) is 0 Å². The minimum atomic E-state index is -0.261. The van der Waals surface area contributed by atoms with Gasteiger partial charge in [-0.25, -0.2) is 0 Å². The number of carbonyl (C=O) groups excluding carboxylic acids is 1. The average molecular weight is 356 g/mol. The van der Waals surface area contributed by atoms with Crippen LogP contribution in [0.5, 0.6) is 11.5 Å². The Bertz CT molecular complexity index is 924. The first-order valence-corrected chi connectivity index (χ1v) is 8.21. The average Bonchev–Trinajstić information content (AvgIpc) is 2.62. The van der Waals surface area contributed by atoms with E-state index >= 15 is 0 Å². The molecule has 0 aliphatic rings. The van der Waals surface area contributed by atoms with E-state index < -0.39 is 0 Å². The van der Waals surface area contributed by atoms with Gasteiger partial charge in [0.05, 0.1) is 12.8 Å². The van der Waals surface area contributed by atoms with Crippen LogP contribution in [-0.4, -0.2) is 19.6 Å². The molecule has 1 amide bonds. The molecule has 0 heterocycles. The Labute approximate surface area is 151 Å². The monoisotopic (exact) mass is 355 g/mol. The Morgan fingerprint density at radius 2 is 1.76 bits per heavy atom. The van der Waals surface area contributed by atoms with Crippen molar-refractivity contribution in [1.29, 1.82) is 0 Å². The van der Waals surface area contributed by atoms with Crippen LogP contribution in [0.4, 0.5) is 5.69 Å². The highest BCUT2D eigenvalue weighted by atomic mass is 35.5. The Hall–Kier alpha value is -2.72. The van der Waals surface area contributed by atoms with E-state index in [0.717, 1.165) is 16.3 Å². The van der Waals surface area contributed by atoms with Crippen LogP contribution in [0.3, 0.4) is 0 Å². The van der Waals surface area contributed by atoms with Crippen LogP contribution >= 0.6 is 11.6 Å². The molecule has 3 aromatic carbocycles. The fourth-order valence-corrected chi connectivity index (χ4v) is 2.84. The number of fused-ring (bicyclic) bond motifs is 1. The largest absolute Gasteiger partial charge is 0.495 e. The molecule has 5 heteroatoms. The molecule has 0 atom stereocenters. The topological polar surface area (TPSA) is 47.6 Å². The second-order valence-electron chi connectivity index (χ2n) is 5.63. The molecule has 0 fully saturated rings. The van der Waals surface area contributed by atoms with Crippen molar-refractivity contribution in [1.82, 2.24) is 0 Å². The molecule has 128 valence electrons. The van der Waals surface area contributed by atoms with Gasteiger partial charge in [-0.1, -0.05) is 41.9 Å². The number of benzene rings is 3. The van der Waals surface area contributed by atoms with Gasteiger partial charge in [0.25, 0.3) is 5.91 Å². The van der Waals surface area contributed by atoms with Crippen LogP contribution in [0.15, 0.2) is 54.6 Å². The zero-order valence-corrected chi connectivity index (χ0v) is 14.8. The summed E-state index contributed by atoms with van der Waals surface area (Å²) in [6.07, 6.45) is 0. The maximum absolute atomic E-state index is 12.3. The quantitative estimate of drug-likeness (QED) is 0.713. The third kappa shape index (κ3) is 3.86. The summed E-state index contributed by atoms with van der Waals surface area (Å²) in [5, 5.41) is 5.23.